The van der Waals surface area contributed by atoms with Crippen molar-refractivity contribution in [3.63, 3.8) is 0 Å². The SMILES string of the molecule is C.CC(C)(C)/C=C/c1ccccc1[N+](=O)[O-].CC(C)(C)C(O)Cc1ccccc1N.CC(C)(C)C(O)Cc1ccccc1[N+](=O)[O-].CC(C)(C)C=O.CC(C)(C)CCc1ccccc1N.Cc1ccccc1[N+](=O)[O-]. The van der Waals surface area contributed by atoms with E-state index in [0.29, 0.717) is 34.9 Å². The van der Waals surface area contributed by atoms with Gasteiger partial charge in [0.25, 0.3) is 17.1 Å². The van der Waals surface area contributed by atoms with E-state index in [-0.39, 0.29) is 62.1 Å². The van der Waals surface area contributed by atoms with Crippen molar-refractivity contribution in [3.05, 3.63) is 186 Å². The molecule has 0 saturated carbocycles. The summed E-state index contributed by atoms with van der Waals surface area (Å²) in [5, 5.41) is 51.6. The van der Waals surface area contributed by atoms with Gasteiger partial charge in [-0.25, -0.2) is 0 Å². The van der Waals surface area contributed by atoms with E-state index in [2.05, 4.69) is 47.6 Å². The van der Waals surface area contributed by atoms with Gasteiger partial charge in [-0.2, -0.15) is 0 Å². The minimum atomic E-state index is -0.589. The topological polar surface area (TPSA) is 239 Å². The van der Waals surface area contributed by atoms with Crippen LogP contribution < -0.4 is 11.5 Å². The Balaban J connectivity index is 0. The van der Waals surface area contributed by atoms with Gasteiger partial charge < -0.3 is 26.5 Å². The Labute approximate surface area is 449 Å². The molecule has 5 aromatic carbocycles. The van der Waals surface area contributed by atoms with E-state index in [1.165, 1.54) is 30.2 Å². The van der Waals surface area contributed by atoms with E-state index in [4.69, 9.17) is 11.5 Å². The summed E-state index contributed by atoms with van der Waals surface area (Å²) in [6, 6.07) is 35.7. The standard InChI is InChI=1S/C12H17NO3.C12H15NO2.C12H19NO.C12H19N.C7H7NO2.C5H10O.CH4/c1-12(2,3)11(14)8-9-6-4-5-7-10(9)13(15)16;1-12(2,3)9-8-10-6-4-5-7-11(10)13(14)15;1-12(2,3)11(14)8-9-6-4-5-7-10(9)13;1-12(2,3)9-8-10-6-4-5-7-11(10)13;1-6-4-2-3-5-7(6)8(9)10;1-5(2,3)4-6;/h4-7,11,14H,8H2,1-3H3;4-9H,1-3H3;4-7,11,14H,8,13H2,1-3H3;4-7H,8-9,13H2,1-3H3;2-5H,1H3;4H,1-3H3;1H4/b;9-8+;;;;;. The third kappa shape index (κ3) is 31.5. The Morgan fingerprint density at radius 1 is 0.507 bits per heavy atom. The second-order valence-corrected chi connectivity index (χ2v) is 23.6. The summed E-state index contributed by atoms with van der Waals surface area (Å²) in [6.45, 7) is 32.1. The zero-order chi connectivity index (χ0) is 57.3. The molecule has 414 valence electrons. The van der Waals surface area contributed by atoms with E-state index < -0.39 is 11.0 Å². The third-order valence-electron chi connectivity index (χ3n) is 10.8. The summed E-state index contributed by atoms with van der Waals surface area (Å²) >= 11 is 0. The van der Waals surface area contributed by atoms with Crippen LogP contribution in [0.4, 0.5) is 28.4 Å². The number of aryl methyl sites for hydroxylation is 2. The maximum absolute atomic E-state index is 10.8. The molecular weight excluding hydrogens is 947 g/mol. The number of hydrogen-bond donors (Lipinski definition) is 4. The Bertz CT molecular complexity index is 2520. The number of nitrogen functional groups attached to an aromatic ring is 2. The number of nitrogens with two attached hydrogens (primary N) is 2. The van der Waals surface area contributed by atoms with Crippen molar-refractivity contribution in [3.8, 4) is 0 Å². The summed E-state index contributed by atoms with van der Waals surface area (Å²) in [6.07, 6.45) is 6.95. The van der Waals surface area contributed by atoms with Crippen molar-refractivity contribution >= 4 is 40.8 Å². The fourth-order valence-corrected chi connectivity index (χ4v) is 5.78. The zero-order valence-corrected chi connectivity index (χ0v) is 47.0. The van der Waals surface area contributed by atoms with Crippen LogP contribution in [-0.2, 0) is 24.1 Å². The Kier molecular flexibility index (Phi) is 30.5. The average Bonchev–Trinajstić information content (AvgIpc) is 3.29. The van der Waals surface area contributed by atoms with Gasteiger partial charge in [0.05, 0.1) is 32.5 Å². The average molecular weight is 1040 g/mol. The van der Waals surface area contributed by atoms with Crippen LogP contribution in [0.15, 0.2) is 127 Å². The summed E-state index contributed by atoms with van der Waals surface area (Å²) in [7, 11) is 0. The minimum Gasteiger partial charge on any atom is -0.399 e. The number of carbonyl (C=O) groups excluding carboxylic acids is 1. The Morgan fingerprint density at radius 2 is 0.853 bits per heavy atom. The van der Waals surface area contributed by atoms with Crippen LogP contribution in [0.2, 0.25) is 0 Å². The Morgan fingerprint density at radius 3 is 1.21 bits per heavy atom. The molecule has 0 aromatic heterocycles. The lowest BCUT2D eigenvalue weighted by Crippen LogP contribution is -2.28. The van der Waals surface area contributed by atoms with Gasteiger partial charge in [0.2, 0.25) is 0 Å². The van der Waals surface area contributed by atoms with Crippen molar-refractivity contribution < 1.29 is 29.8 Å². The summed E-state index contributed by atoms with van der Waals surface area (Å²) < 4.78 is 0. The van der Waals surface area contributed by atoms with Gasteiger partial charge in [-0.1, -0.05) is 208 Å². The van der Waals surface area contributed by atoms with Crippen LogP contribution in [0.25, 0.3) is 6.08 Å². The molecule has 2 atom stereocenters. The first kappa shape index (κ1) is 70.3. The van der Waals surface area contributed by atoms with E-state index in [9.17, 15) is 45.4 Å². The molecule has 0 fully saturated rings. The number of aliphatic hydroxyl groups excluding tert-OH is 2. The molecule has 0 spiro atoms. The van der Waals surface area contributed by atoms with Crippen molar-refractivity contribution in [2.45, 2.75) is 156 Å². The number of nitrogens with zero attached hydrogens (tertiary/aromatic N) is 3. The molecule has 0 radical (unpaired) electrons. The predicted molar refractivity (Wildman–Crippen MR) is 313 cm³/mol. The lowest BCUT2D eigenvalue weighted by molar-refractivity contribution is -0.385. The summed E-state index contributed by atoms with van der Waals surface area (Å²) in [5.41, 5.74) is 17.9. The van der Waals surface area contributed by atoms with Gasteiger partial charge in [-0.15, -0.1) is 0 Å². The number of nitro benzene ring substituents is 3. The number of allylic oxidation sites excluding steroid dienone is 1. The maximum Gasteiger partial charge on any atom is 0.276 e. The minimum absolute atomic E-state index is 0. The van der Waals surface area contributed by atoms with Crippen molar-refractivity contribution in [1.82, 2.24) is 0 Å². The number of anilines is 2. The van der Waals surface area contributed by atoms with Gasteiger partial charge in [-0.05, 0) is 70.8 Å². The molecule has 0 saturated heterocycles. The molecule has 14 heteroatoms. The van der Waals surface area contributed by atoms with Crippen LogP contribution in [0, 0.1) is 64.3 Å². The van der Waals surface area contributed by atoms with E-state index >= 15 is 0 Å². The molecular formula is C61H91N5O9. The van der Waals surface area contributed by atoms with E-state index in [0.717, 1.165) is 29.6 Å². The normalized spacial score (nSPS) is 12.0. The summed E-state index contributed by atoms with van der Waals surface area (Å²) in [4.78, 5) is 40.4. The molecule has 5 rings (SSSR count). The van der Waals surface area contributed by atoms with Crippen molar-refractivity contribution in [2.75, 3.05) is 11.5 Å². The lowest BCUT2D eigenvalue weighted by atomic mass is 9.85. The Hall–Kier alpha value is -6.77. The first-order valence-electron chi connectivity index (χ1n) is 24.7. The van der Waals surface area contributed by atoms with Gasteiger partial charge >= 0.3 is 0 Å². The molecule has 0 amide bonds. The molecule has 14 nitrogen and oxygen atoms in total. The highest BCUT2D eigenvalue weighted by Gasteiger charge is 2.26. The molecule has 6 N–H and O–H groups in total. The quantitative estimate of drug-likeness (QED) is 0.0444. The highest BCUT2D eigenvalue weighted by atomic mass is 16.6. The first-order valence-corrected chi connectivity index (χ1v) is 24.7. The largest absolute Gasteiger partial charge is 0.399 e. The van der Waals surface area contributed by atoms with Crippen LogP contribution in [0.1, 0.15) is 146 Å². The second kappa shape index (κ2) is 32.5. The molecule has 0 aliphatic rings. The number of carbonyl (C=O) groups is 1. The highest BCUT2D eigenvalue weighted by molar-refractivity contribution is 5.61. The molecule has 2 unspecified atom stereocenters. The van der Waals surface area contributed by atoms with Gasteiger partial charge in [0.1, 0.15) is 6.29 Å². The van der Waals surface area contributed by atoms with Crippen LogP contribution in [0.3, 0.4) is 0 Å². The van der Waals surface area contributed by atoms with E-state index in [1.54, 1.807) is 67.6 Å². The fraction of sp³-hybridized carbons (Fsp3) is 0.459. The van der Waals surface area contributed by atoms with Crippen LogP contribution >= 0.6 is 0 Å². The maximum atomic E-state index is 10.8. The highest BCUT2D eigenvalue weighted by Crippen LogP contribution is 2.28. The monoisotopic (exact) mass is 1040 g/mol. The number of nitro groups is 3. The second-order valence-electron chi connectivity index (χ2n) is 23.6. The van der Waals surface area contributed by atoms with Gasteiger partial charge in [-0.3, -0.25) is 30.3 Å². The molecule has 0 aliphatic heterocycles. The number of aldehydes is 1. The lowest BCUT2D eigenvalue weighted by Gasteiger charge is -2.26. The first-order chi connectivity index (χ1) is 33.9. The number of aliphatic hydroxyl groups is 2. The zero-order valence-electron chi connectivity index (χ0n) is 47.0. The number of para-hydroxylation sites is 5. The molecule has 0 heterocycles. The molecule has 0 aliphatic carbocycles. The number of benzene rings is 5. The molecule has 5 aromatic rings. The van der Waals surface area contributed by atoms with Crippen molar-refractivity contribution in [1.29, 1.82) is 0 Å². The van der Waals surface area contributed by atoms with Gasteiger partial charge in [0, 0.05) is 59.0 Å². The predicted octanol–water partition coefficient (Wildman–Crippen LogP) is 15.4. The van der Waals surface area contributed by atoms with Gasteiger partial charge in [0.15, 0.2) is 0 Å². The van der Waals surface area contributed by atoms with Crippen LogP contribution in [0.5, 0.6) is 0 Å². The molecule has 0 bridgehead atoms. The third-order valence-corrected chi connectivity index (χ3v) is 10.8. The summed E-state index contributed by atoms with van der Waals surface area (Å²) in [5.74, 6) is 0. The fourth-order valence-electron chi connectivity index (χ4n) is 5.78. The number of hydrogen-bond acceptors (Lipinski definition) is 11. The van der Waals surface area contributed by atoms with Crippen LogP contribution in [-0.4, -0.2) is 43.5 Å². The molecule has 75 heavy (non-hydrogen) atoms. The van der Waals surface area contributed by atoms with Crippen molar-refractivity contribution in [2.24, 2.45) is 27.1 Å². The smallest absolute Gasteiger partial charge is 0.276 e. The van der Waals surface area contributed by atoms with E-state index in [1.807, 2.05) is 111 Å². The number of rotatable bonds is 10.